The van der Waals surface area contributed by atoms with Gasteiger partial charge in [-0.25, -0.2) is 0 Å². The summed E-state index contributed by atoms with van der Waals surface area (Å²) in [4.78, 5) is 8.56. The maximum absolute atomic E-state index is 10.4. The molecule has 0 aliphatic rings. The Hall–Kier alpha value is -0.150. The van der Waals surface area contributed by atoms with Crippen LogP contribution >= 0.6 is 7.60 Å². The number of hydrogen-bond acceptors (Lipinski definition) is 3. The number of rotatable bonds is 4. The molecule has 1 unspecified atom stereocenters. The highest BCUT2D eigenvalue weighted by Crippen LogP contribution is 2.42. The summed E-state index contributed by atoms with van der Waals surface area (Å²) < 4.78 is 14.7. The monoisotopic (exact) mass is 152 g/mol. The maximum Gasteiger partial charge on any atom is 0.351 e. The molecule has 54 valence electrons. The number of aliphatic hydroxyl groups excluding tert-OH is 1. The lowest BCUT2D eigenvalue weighted by Gasteiger charge is -2.03. The first-order chi connectivity index (χ1) is 4.12. The third kappa shape index (κ3) is 4.36. The summed E-state index contributed by atoms with van der Waals surface area (Å²) in [6.45, 7) is 2.66. The van der Waals surface area contributed by atoms with Gasteiger partial charge in [0.25, 0.3) is 0 Å². The van der Waals surface area contributed by atoms with E-state index in [0.717, 1.165) is 5.82 Å². The standard InChI is InChI=1S/C4H9O4P/c1-2-9(6,7)8-4-3-5/h2,5H,1,3-4H2,(H,6,7). The van der Waals surface area contributed by atoms with Crippen LogP contribution < -0.4 is 0 Å². The molecule has 4 nitrogen and oxygen atoms in total. The summed E-state index contributed by atoms with van der Waals surface area (Å²) in [7, 11) is -3.59. The fourth-order valence-corrected chi connectivity index (χ4v) is 0.673. The van der Waals surface area contributed by atoms with Crippen molar-refractivity contribution in [2.45, 2.75) is 0 Å². The van der Waals surface area contributed by atoms with Crippen LogP contribution in [0.3, 0.4) is 0 Å². The molecule has 0 radical (unpaired) electrons. The lowest BCUT2D eigenvalue weighted by atomic mass is 10.8. The van der Waals surface area contributed by atoms with Crippen molar-refractivity contribution in [3.63, 3.8) is 0 Å². The molecule has 0 aliphatic carbocycles. The Bertz CT molecular complexity index is 133. The zero-order valence-electron chi connectivity index (χ0n) is 4.86. The average molecular weight is 152 g/mol. The van der Waals surface area contributed by atoms with Gasteiger partial charge in [0.15, 0.2) is 0 Å². The van der Waals surface area contributed by atoms with Gasteiger partial charge in [0, 0.05) is 5.82 Å². The van der Waals surface area contributed by atoms with E-state index in [0.29, 0.717) is 0 Å². The highest BCUT2D eigenvalue weighted by molar-refractivity contribution is 7.56. The first-order valence-corrected chi connectivity index (χ1v) is 3.98. The summed E-state index contributed by atoms with van der Waals surface area (Å²) in [5.74, 6) is 0.822. The van der Waals surface area contributed by atoms with E-state index in [-0.39, 0.29) is 13.2 Å². The molecule has 0 aromatic carbocycles. The minimum Gasteiger partial charge on any atom is -0.394 e. The molecular weight excluding hydrogens is 143 g/mol. The number of hydrogen-bond donors (Lipinski definition) is 2. The normalized spacial score (nSPS) is 16.7. The Kier molecular flexibility index (Phi) is 3.73. The fraction of sp³-hybridized carbons (Fsp3) is 0.500. The SMILES string of the molecule is C=CP(=O)(O)OCCO. The molecule has 0 saturated carbocycles. The molecule has 0 rings (SSSR count). The minimum absolute atomic E-state index is 0.139. The van der Waals surface area contributed by atoms with Gasteiger partial charge in [-0.15, -0.1) is 0 Å². The predicted molar refractivity (Wildman–Crippen MR) is 33.1 cm³/mol. The second-order valence-electron chi connectivity index (χ2n) is 1.30. The Labute approximate surface area is 53.3 Å². The Morgan fingerprint density at radius 2 is 2.33 bits per heavy atom. The zero-order chi connectivity index (χ0) is 7.33. The minimum atomic E-state index is -3.59. The molecule has 0 aromatic rings. The van der Waals surface area contributed by atoms with Crippen LogP contribution in [0.5, 0.6) is 0 Å². The Morgan fingerprint density at radius 3 is 2.67 bits per heavy atom. The molecule has 0 spiro atoms. The predicted octanol–water partition coefficient (Wildman–Crippen LogP) is 0.324. The van der Waals surface area contributed by atoms with Gasteiger partial charge in [0.05, 0.1) is 13.2 Å². The van der Waals surface area contributed by atoms with E-state index in [2.05, 4.69) is 11.1 Å². The third-order valence-corrected chi connectivity index (χ3v) is 1.61. The summed E-state index contributed by atoms with van der Waals surface area (Å²) in [6, 6.07) is 0. The molecule has 2 N–H and O–H groups in total. The summed E-state index contributed by atoms with van der Waals surface area (Å²) in [6.07, 6.45) is 0. The highest BCUT2D eigenvalue weighted by atomic mass is 31.2. The molecule has 0 saturated heterocycles. The molecule has 5 heteroatoms. The van der Waals surface area contributed by atoms with E-state index >= 15 is 0 Å². The van der Waals surface area contributed by atoms with E-state index in [1.54, 1.807) is 0 Å². The topological polar surface area (TPSA) is 66.8 Å². The first-order valence-electron chi connectivity index (χ1n) is 2.34. The van der Waals surface area contributed by atoms with E-state index in [4.69, 9.17) is 10.00 Å². The van der Waals surface area contributed by atoms with Crippen LogP contribution in [-0.4, -0.2) is 23.2 Å². The van der Waals surface area contributed by atoms with Gasteiger partial charge < -0.3 is 14.5 Å². The van der Waals surface area contributed by atoms with Crippen molar-refractivity contribution in [3.05, 3.63) is 12.4 Å². The molecule has 0 aliphatic heterocycles. The molecule has 0 bridgehead atoms. The van der Waals surface area contributed by atoms with Gasteiger partial charge >= 0.3 is 7.60 Å². The van der Waals surface area contributed by atoms with Crippen molar-refractivity contribution in [1.29, 1.82) is 0 Å². The van der Waals surface area contributed by atoms with Gasteiger partial charge in [0.1, 0.15) is 0 Å². The van der Waals surface area contributed by atoms with Gasteiger partial charge in [-0.1, -0.05) is 6.58 Å². The molecular formula is C4H9O4P. The van der Waals surface area contributed by atoms with Crippen LogP contribution in [0.1, 0.15) is 0 Å². The quantitative estimate of drug-likeness (QED) is 0.569. The summed E-state index contributed by atoms with van der Waals surface area (Å²) >= 11 is 0. The van der Waals surface area contributed by atoms with E-state index < -0.39 is 7.60 Å². The smallest absolute Gasteiger partial charge is 0.351 e. The van der Waals surface area contributed by atoms with Crippen LogP contribution in [-0.2, 0) is 9.09 Å². The van der Waals surface area contributed by atoms with Crippen LogP contribution in [0, 0.1) is 0 Å². The Balaban J connectivity index is 3.59. The fourth-order valence-electron chi connectivity index (χ4n) is 0.224. The second kappa shape index (κ2) is 3.80. The van der Waals surface area contributed by atoms with Crippen molar-refractivity contribution in [2.24, 2.45) is 0 Å². The van der Waals surface area contributed by atoms with Gasteiger partial charge in [-0.2, -0.15) is 0 Å². The summed E-state index contributed by atoms with van der Waals surface area (Å²) in [5.41, 5.74) is 0. The first kappa shape index (κ1) is 8.85. The van der Waals surface area contributed by atoms with Crippen molar-refractivity contribution < 1.29 is 19.1 Å². The molecule has 0 heterocycles. The van der Waals surface area contributed by atoms with Crippen molar-refractivity contribution in [2.75, 3.05) is 13.2 Å². The van der Waals surface area contributed by atoms with Gasteiger partial charge in [-0.3, -0.25) is 4.57 Å². The van der Waals surface area contributed by atoms with E-state index in [1.165, 1.54) is 0 Å². The van der Waals surface area contributed by atoms with Crippen LogP contribution in [0.2, 0.25) is 0 Å². The second-order valence-corrected chi connectivity index (χ2v) is 3.06. The lowest BCUT2D eigenvalue weighted by Crippen LogP contribution is -1.94. The van der Waals surface area contributed by atoms with E-state index in [1.807, 2.05) is 0 Å². The molecule has 0 amide bonds. The van der Waals surface area contributed by atoms with Crippen LogP contribution in [0.15, 0.2) is 12.4 Å². The number of aliphatic hydroxyl groups is 1. The maximum atomic E-state index is 10.4. The Morgan fingerprint density at radius 1 is 1.78 bits per heavy atom. The largest absolute Gasteiger partial charge is 0.394 e. The summed E-state index contributed by atoms with van der Waals surface area (Å²) in [5, 5.41) is 8.13. The van der Waals surface area contributed by atoms with Crippen molar-refractivity contribution in [1.82, 2.24) is 0 Å². The van der Waals surface area contributed by atoms with Crippen LogP contribution in [0.25, 0.3) is 0 Å². The van der Waals surface area contributed by atoms with Crippen molar-refractivity contribution in [3.8, 4) is 0 Å². The molecule has 0 fully saturated rings. The van der Waals surface area contributed by atoms with E-state index in [9.17, 15) is 4.57 Å². The van der Waals surface area contributed by atoms with Crippen LogP contribution in [0.4, 0.5) is 0 Å². The zero-order valence-corrected chi connectivity index (χ0v) is 5.75. The molecule has 9 heavy (non-hydrogen) atoms. The highest BCUT2D eigenvalue weighted by Gasteiger charge is 2.11. The lowest BCUT2D eigenvalue weighted by molar-refractivity contribution is 0.187. The van der Waals surface area contributed by atoms with Gasteiger partial charge in [0.2, 0.25) is 0 Å². The van der Waals surface area contributed by atoms with Crippen molar-refractivity contribution >= 4 is 7.60 Å². The third-order valence-electron chi connectivity index (χ3n) is 0.598. The molecule has 1 atom stereocenters. The molecule has 0 aromatic heterocycles. The average Bonchev–Trinajstić information content (AvgIpc) is 1.84. The van der Waals surface area contributed by atoms with Gasteiger partial charge in [-0.05, 0) is 0 Å².